The molecule has 8 heteroatoms. The summed E-state index contributed by atoms with van der Waals surface area (Å²) < 4.78 is 0. The van der Waals surface area contributed by atoms with Gasteiger partial charge in [-0.05, 0) is 0 Å². The Balaban J connectivity index is 3.83. The number of carboxylic acid groups (broad SMARTS) is 1. The minimum Gasteiger partial charge on any atom is -0.478 e. The Kier molecular flexibility index (Phi) is 5.95. The number of amides is 4. The lowest BCUT2D eigenvalue weighted by Gasteiger charge is -2.02. The predicted molar refractivity (Wildman–Crippen MR) is 52.1 cm³/mol. The van der Waals surface area contributed by atoms with Gasteiger partial charge < -0.3 is 16.2 Å². The number of imide groups is 1. The fraction of sp³-hybridized carbons (Fsp3) is 0.250. The fourth-order valence-electron chi connectivity index (χ4n) is 0.644. The normalized spacial score (nSPS) is 9.75. The quantitative estimate of drug-likeness (QED) is 0.417. The van der Waals surface area contributed by atoms with E-state index >= 15 is 0 Å². The molecule has 4 amide bonds. The van der Waals surface area contributed by atoms with Crippen LogP contribution in [0, 0.1) is 0 Å². The van der Waals surface area contributed by atoms with E-state index in [9.17, 15) is 19.2 Å². The van der Waals surface area contributed by atoms with Gasteiger partial charge in [-0.25, -0.2) is 9.59 Å². The first-order valence-corrected chi connectivity index (χ1v) is 4.20. The molecule has 0 spiro atoms. The number of carbonyl (C=O) groups is 4. The van der Waals surface area contributed by atoms with Crippen molar-refractivity contribution in [3.63, 3.8) is 0 Å². The summed E-state index contributed by atoms with van der Waals surface area (Å²) in [6.07, 6.45) is 1.23. The largest absolute Gasteiger partial charge is 0.478 e. The highest BCUT2D eigenvalue weighted by molar-refractivity contribution is 6.02. The van der Waals surface area contributed by atoms with Crippen molar-refractivity contribution in [1.82, 2.24) is 10.6 Å². The first-order valence-electron chi connectivity index (χ1n) is 4.20. The molecule has 0 saturated carbocycles. The number of hydrogen-bond acceptors (Lipinski definition) is 4. The van der Waals surface area contributed by atoms with Crippen molar-refractivity contribution < 1.29 is 24.3 Å². The van der Waals surface area contributed by atoms with Gasteiger partial charge in [0.05, 0.1) is 0 Å². The van der Waals surface area contributed by atoms with Crippen LogP contribution in [0.1, 0.15) is 6.42 Å². The number of rotatable bonds is 5. The molecule has 0 aromatic heterocycles. The molecule has 0 aliphatic heterocycles. The zero-order valence-corrected chi connectivity index (χ0v) is 8.23. The minimum absolute atomic E-state index is 0.00289. The third kappa shape index (κ3) is 8.23. The number of nitrogens with two attached hydrogens (primary N) is 1. The number of nitrogens with one attached hydrogen (secondary N) is 2. The lowest BCUT2D eigenvalue weighted by atomic mass is 10.4. The van der Waals surface area contributed by atoms with E-state index in [0.29, 0.717) is 12.2 Å². The average Bonchev–Trinajstić information content (AvgIpc) is 2.14. The van der Waals surface area contributed by atoms with Crippen LogP contribution in [0.15, 0.2) is 12.2 Å². The molecule has 0 heterocycles. The number of hydrogen-bond donors (Lipinski definition) is 4. The van der Waals surface area contributed by atoms with Crippen LogP contribution in [0.5, 0.6) is 0 Å². The Morgan fingerprint density at radius 3 is 2.31 bits per heavy atom. The summed E-state index contributed by atoms with van der Waals surface area (Å²) >= 11 is 0. The van der Waals surface area contributed by atoms with Crippen LogP contribution in [-0.4, -0.2) is 35.5 Å². The first kappa shape index (κ1) is 13.6. The summed E-state index contributed by atoms with van der Waals surface area (Å²) in [5.41, 5.74) is 4.81. The second-order valence-corrected chi connectivity index (χ2v) is 2.63. The Labute approximate surface area is 90.5 Å². The van der Waals surface area contributed by atoms with Crippen molar-refractivity contribution in [3.8, 4) is 0 Å². The molecule has 0 aromatic rings. The Morgan fingerprint density at radius 1 is 1.19 bits per heavy atom. The van der Waals surface area contributed by atoms with Crippen molar-refractivity contribution in [1.29, 1.82) is 0 Å². The number of carbonyl (C=O) groups excluding carboxylic acids is 3. The van der Waals surface area contributed by atoms with Crippen LogP contribution in [0.2, 0.25) is 0 Å². The van der Waals surface area contributed by atoms with E-state index in [1.807, 2.05) is 5.32 Å². The molecule has 0 unspecified atom stereocenters. The molecule has 0 aliphatic rings. The topological polar surface area (TPSA) is 139 Å². The van der Waals surface area contributed by atoms with E-state index in [2.05, 4.69) is 5.32 Å². The Morgan fingerprint density at radius 2 is 1.81 bits per heavy atom. The molecular formula is C8H11N3O5. The highest BCUT2D eigenvalue weighted by atomic mass is 16.4. The molecule has 88 valence electrons. The molecular weight excluding hydrogens is 218 g/mol. The third-order valence-corrected chi connectivity index (χ3v) is 1.27. The maximum absolute atomic E-state index is 10.9. The van der Waals surface area contributed by atoms with Gasteiger partial charge in [-0.1, -0.05) is 0 Å². The van der Waals surface area contributed by atoms with Gasteiger partial charge >= 0.3 is 12.0 Å². The number of aliphatic carboxylic acids is 1. The van der Waals surface area contributed by atoms with E-state index in [1.54, 1.807) is 0 Å². The summed E-state index contributed by atoms with van der Waals surface area (Å²) in [5, 5.41) is 12.2. The van der Waals surface area contributed by atoms with Crippen molar-refractivity contribution in [2.45, 2.75) is 6.42 Å². The molecule has 0 aliphatic carbocycles. The average molecular weight is 229 g/mol. The molecule has 0 fully saturated rings. The fourth-order valence-corrected chi connectivity index (χ4v) is 0.644. The van der Waals surface area contributed by atoms with Crippen LogP contribution in [-0.2, 0) is 14.4 Å². The summed E-state index contributed by atoms with van der Waals surface area (Å²) in [4.78, 5) is 42.0. The molecule has 0 radical (unpaired) electrons. The minimum atomic E-state index is -1.30. The molecule has 16 heavy (non-hydrogen) atoms. The lowest BCUT2D eigenvalue weighted by Crippen LogP contribution is -2.39. The standard InChI is InChI=1S/C8H11N3O5/c9-5(12)3-4-10-8(16)11-6(13)1-2-7(14)15/h1-2H,3-4H2,(H2,9,12)(H,14,15)(H2,10,11,13,16)/b2-1+. The molecule has 0 aromatic carbocycles. The monoisotopic (exact) mass is 229 g/mol. The maximum atomic E-state index is 10.9. The molecule has 8 nitrogen and oxygen atoms in total. The molecule has 5 N–H and O–H groups in total. The molecule has 0 atom stereocenters. The van der Waals surface area contributed by atoms with Gasteiger partial charge in [0.2, 0.25) is 5.91 Å². The van der Waals surface area contributed by atoms with Crippen LogP contribution < -0.4 is 16.4 Å². The second kappa shape index (κ2) is 6.98. The van der Waals surface area contributed by atoms with E-state index in [4.69, 9.17) is 10.8 Å². The molecule has 0 saturated heterocycles. The van der Waals surface area contributed by atoms with Crippen LogP contribution in [0.4, 0.5) is 4.79 Å². The highest BCUT2D eigenvalue weighted by Crippen LogP contribution is 1.77. The number of primary amides is 1. The number of urea groups is 1. The van der Waals surface area contributed by atoms with Crippen molar-refractivity contribution in [2.75, 3.05) is 6.54 Å². The smallest absolute Gasteiger partial charge is 0.328 e. The maximum Gasteiger partial charge on any atom is 0.328 e. The Bertz CT molecular complexity index is 337. The Hall–Kier alpha value is -2.38. The zero-order chi connectivity index (χ0) is 12.6. The van der Waals surface area contributed by atoms with Crippen LogP contribution in [0.3, 0.4) is 0 Å². The van der Waals surface area contributed by atoms with E-state index in [0.717, 1.165) is 0 Å². The van der Waals surface area contributed by atoms with Gasteiger partial charge in [-0.15, -0.1) is 0 Å². The van der Waals surface area contributed by atoms with Gasteiger partial charge in [0.15, 0.2) is 0 Å². The summed E-state index contributed by atoms with van der Waals surface area (Å²) in [6, 6.07) is -0.832. The summed E-state index contributed by atoms with van der Waals surface area (Å²) in [6.45, 7) is -0.00289. The van der Waals surface area contributed by atoms with E-state index in [1.165, 1.54) is 0 Å². The van der Waals surface area contributed by atoms with Crippen LogP contribution >= 0.6 is 0 Å². The number of carboxylic acids is 1. The SMILES string of the molecule is NC(=O)CCNC(=O)NC(=O)/C=C/C(=O)O. The molecule has 0 bridgehead atoms. The van der Waals surface area contributed by atoms with Gasteiger partial charge in [0, 0.05) is 25.1 Å². The third-order valence-electron chi connectivity index (χ3n) is 1.27. The zero-order valence-electron chi connectivity index (χ0n) is 8.23. The van der Waals surface area contributed by atoms with Gasteiger partial charge in [-0.3, -0.25) is 14.9 Å². The van der Waals surface area contributed by atoms with Crippen LogP contribution in [0.25, 0.3) is 0 Å². The van der Waals surface area contributed by atoms with Gasteiger partial charge in [0.25, 0.3) is 5.91 Å². The first-order chi connectivity index (χ1) is 7.41. The van der Waals surface area contributed by atoms with E-state index in [-0.39, 0.29) is 13.0 Å². The molecule has 0 rings (SSSR count). The second-order valence-electron chi connectivity index (χ2n) is 2.63. The van der Waals surface area contributed by atoms with Crippen molar-refractivity contribution in [2.24, 2.45) is 5.73 Å². The van der Waals surface area contributed by atoms with Crippen molar-refractivity contribution in [3.05, 3.63) is 12.2 Å². The summed E-state index contributed by atoms with van der Waals surface area (Å²) in [5.74, 6) is -2.76. The summed E-state index contributed by atoms with van der Waals surface area (Å²) in [7, 11) is 0. The highest BCUT2D eigenvalue weighted by Gasteiger charge is 2.04. The van der Waals surface area contributed by atoms with Gasteiger partial charge in [0.1, 0.15) is 0 Å². The van der Waals surface area contributed by atoms with Gasteiger partial charge in [-0.2, -0.15) is 0 Å². The predicted octanol–water partition coefficient (Wildman–Crippen LogP) is -1.67. The van der Waals surface area contributed by atoms with E-state index < -0.39 is 23.8 Å². The lowest BCUT2D eigenvalue weighted by molar-refractivity contribution is -0.131. The van der Waals surface area contributed by atoms with Crippen molar-refractivity contribution >= 4 is 23.8 Å².